The van der Waals surface area contributed by atoms with E-state index in [0.29, 0.717) is 5.56 Å². The third-order valence-corrected chi connectivity index (χ3v) is 2.03. The SMILES string of the molecule is CCCCc1cc(F)ccc1C=O. The lowest BCUT2D eigenvalue weighted by Gasteiger charge is -2.03. The summed E-state index contributed by atoms with van der Waals surface area (Å²) in [4.78, 5) is 10.6. The molecule has 0 bridgehead atoms. The Hall–Kier alpha value is -1.18. The van der Waals surface area contributed by atoms with Gasteiger partial charge in [0.05, 0.1) is 0 Å². The van der Waals surface area contributed by atoms with Crippen molar-refractivity contribution in [2.45, 2.75) is 26.2 Å². The van der Waals surface area contributed by atoms with Crippen molar-refractivity contribution in [3.05, 3.63) is 35.1 Å². The van der Waals surface area contributed by atoms with Crippen LogP contribution in [0.3, 0.4) is 0 Å². The fourth-order valence-corrected chi connectivity index (χ4v) is 1.27. The number of carbonyl (C=O) groups is 1. The van der Waals surface area contributed by atoms with Gasteiger partial charge in [-0.05, 0) is 36.6 Å². The molecule has 1 nitrogen and oxygen atoms in total. The van der Waals surface area contributed by atoms with Crippen LogP contribution in [0.15, 0.2) is 18.2 Å². The topological polar surface area (TPSA) is 17.1 Å². The van der Waals surface area contributed by atoms with Crippen LogP contribution in [0.5, 0.6) is 0 Å². The van der Waals surface area contributed by atoms with E-state index < -0.39 is 0 Å². The second kappa shape index (κ2) is 4.75. The molecule has 0 atom stereocenters. The van der Waals surface area contributed by atoms with Gasteiger partial charge in [0, 0.05) is 5.56 Å². The van der Waals surface area contributed by atoms with E-state index in [-0.39, 0.29) is 5.82 Å². The van der Waals surface area contributed by atoms with Crippen LogP contribution >= 0.6 is 0 Å². The maximum Gasteiger partial charge on any atom is 0.150 e. The quantitative estimate of drug-likeness (QED) is 0.651. The number of benzene rings is 1. The Morgan fingerprint density at radius 3 is 2.85 bits per heavy atom. The number of carbonyl (C=O) groups excluding carboxylic acids is 1. The van der Waals surface area contributed by atoms with Gasteiger partial charge in [0.15, 0.2) is 0 Å². The number of rotatable bonds is 4. The van der Waals surface area contributed by atoms with Crippen molar-refractivity contribution < 1.29 is 9.18 Å². The highest BCUT2D eigenvalue weighted by molar-refractivity contribution is 5.77. The molecule has 2 heteroatoms. The van der Waals surface area contributed by atoms with Gasteiger partial charge in [-0.3, -0.25) is 4.79 Å². The van der Waals surface area contributed by atoms with Crippen LogP contribution in [0.25, 0.3) is 0 Å². The Morgan fingerprint density at radius 2 is 2.23 bits per heavy atom. The zero-order valence-corrected chi connectivity index (χ0v) is 7.72. The van der Waals surface area contributed by atoms with Gasteiger partial charge in [-0.25, -0.2) is 4.39 Å². The van der Waals surface area contributed by atoms with Gasteiger partial charge in [-0.1, -0.05) is 13.3 Å². The van der Waals surface area contributed by atoms with E-state index in [4.69, 9.17) is 0 Å². The van der Waals surface area contributed by atoms with Crippen LogP contribution < -0.4 is 0 Å². The van der Waals surface area contributed by atoms with Crippen molar-refractivity contribution in [1.29, 1.82) is 0 Å². The van der Waals surface area contributed by atoms with Crippen LogP contribution in [0.2, 0.25) is 0 Å². The number of halogens is 1. The first-order chi connectivity index (χ1) is 6.27. The normalized spacial score (nSPS) is 10.0. The molecule has 0 unspecified atom stereocenters. The maximum absolute atomic E-state index is 12.8. The predicted molar refractivity (Wildman–Crippen MR) is 50.4 cm³/mol. The molecule has 0 amide bonds. The summed E-state index contributed by atoms with van der Waals surface area (Å²) >= 11 is 0. The predicted octanol–water partition coefficient (Wildman–Crippen LogP) is 2.98. The first-order valence-electron chi connectivity index (χ1n) is 4.51. The molecule has 0 aromatic heterocycles. The van der Waals surface area contributed by atoms with Crippen molar-refractivity contribution in [2.75, 3.05) is 0 Å². The molecule has 0 fully saturated rings. The summed E-state index contributed by atoms with van der Waals surface area (Å²) in [5.41, 5.74) is 1.42. The van der Waals surface area contributed by atoms with Gasteiger partial charge < -0.3 is 0 Å². The standard InChI is InChI=1S/C11H13FO/c1-2-3-4-9-7-11(12)6-5-10(9)8-13/h5-8H,2-4H2,1H3. The third-order valence-electron chi connectivity index (χ3n) is 2.03. The van der Waals surface area contributed by atoms with E-state index in [1.807, 2.05) is 0 Å². The van der Waals surface area contributed by atoms with E-state index in [1.54, 1.807) is 0 Å². The molecular formula is C11H13FO. The average molecular weight is 180 g/mol. The summed E-state index contributed by atoms with van der Waals surface area (Å²) in [6.45, 7) is 2.07. The fourth-order valence-electron chi connectivity index (χ4n) is 1.27. The summed E-state index contributed by atoms with van der Waals surface area (Å²) in [6, 6.07) is 4.30. The number of hydrogen-bond donors (Lipinski definition) is 0. The lowest BCUT2D eigenvalue weighted by molar-refractivity contribution is 0.112. The molecule has 0 N–H and O–H groups in total. The van der Waals surface area contributed by atoms with Crippen molar-refractivity contribution >= 4 is 6.29 Å². The van der Waals surface area contributed by atoms with Crippen molar-refractivity contribution in [2.24, 2.45) is 0 Å². The summed E-state index contributed by atoms with van der Waals surface area (Å²) in [7, 11) is 0. The lowest BCUT2D eigenvalue weighted by atomic mass is 10.0. The molecule has 0 spiro atoms. The lowest BCUT2D eigenvalue weighted by Crippen LogP contribution is -1.93. The highest BCUT2D eigenvalue weighted by Crippen LogP contribution is 2.12. The molecule has 1 aromatic carbocycles. The Bertz CT molecular complexity index is 294. The maximum atomic E-state index is 12.8. The fraction of sp³-hybridized carbons (Fsp3) is 0.364. The zero-order chi connectivity index (χ0) is 9.68. The van der Waals surface area contributed by atoms with Crippen LogP contribution in [-0.4, -0.2) is 6.29 Å². The highest BCUT2D eigenvalue weighted by Gasteiger charge is 2.02. The largest absolute Gasteiger partial charge is 0.298 e. The number of hydrogen-bond acceptors (Lipinski definition) is 1. The minimum atomic E-state index is -0.267. The molecule has 0 aliphatic carbocycles. The van der Waals surface area contributed by atoms with E-state index in [1.165, 1.54) is 18.2 Å². The number of aldehydes is 1. The van der Waals surface area contributed by atoms with Gasteiger partial charge in [0.2, 0.25) is 0 Å². The minimum Gasteiger partial charge on any atom is -0.298 e. The molecule has 0 saturated carbocycles. The van der Waals surface area contributed by atoms with Crippen LogP contribution in [0.4, 0.5) is 4.39 Å². The summed E-state index contributed by atoms with van der Waals surface area (Å²) in [6.07, 6.45) is 3.60. The van der Waals surface area contributed by atoms with Gasteiger partial charge in [0.1, 0.15) is 12.1 Å². The third kappa shape index (κ3) is 2.65. The van der Waals surface area contributed by atoms with Crippen LogP contribution in [0, 0.1) is 5.82 Å². The smallest absolute Gasteiger partial charge is 0.150 e. The second-order valence-electron chi connectivity index (χ2n) is 3.06. The van der Waals surface area contributed by atoms with E-state index in [2.05, 4.69) is 6.92 Å². The van der Waals surface area contributed by atoms with E-state index in [0.717, 1.165) is 31.1 Å². The van der Waals surface area contributed by atoms with Gasteiger partial charge in [-0.2, -0.15) is 0 Å². The zero-order valence-electron chi connectivity index (χ0n) is 7.72. The van der Waals surface area contributed by atoms with Gasteiger partial charge >= 0.3 is 0 Å². The Kier molecular flexibility index (Phi) is 3.62. The molecule has 0 radical (unpaired) electrons. The molecule has 0 heterocycles. The monoisotopic (exact) mass is 180 g/mol. The van der Waals surface area contributed by atoms with Crippen molar-refractivity contribution in [3.8, 4) is 0 Å². The average Bonchev–Trinajstić information content (AvgIpc) is 2.15. The number of aryl methyl sites for hydroxylation is 1. The molecule has 0 aliphatic rings. The summed E-state index contributed by atoms with van der Waals surface area (Å²) < 4.78 is 12.8. The molecule has 1 rings (SSSR count). The van der Waals surface area contributed by atoms with Crippen LogP contribution in [0.1, 0.15) is 35.7 Å². The van der Waals surface area contributed by atoms with Crippen LogP contribution in [-0.2, 0) is 6.42 Å². The molecule has 1 aromatic rings. The summed E-state index contributed by atoms with van der Waals surface area (Å²) in [5, 5.41) is 0. The second-order valence-corrected chi connectivity index (χ2v) is 3.06. The van der Waals surface area contributed by atoms with Crippen molar-refractivity contribution in [1.82, 2.24) is 0 Å². The Balaban J connectivity index is 2.87. The molecule has 70 valence electrons. The van der Waals surface area contributed by atoms with Gasteiger partial charge in [0.25, 0.3) is 0 Å². The van der Waals surface area contributed by atoms with E-state index in [9.17, 15) is 9.18 Å². The molecule has 0 aliphatic heterocycles. The first-order valence-corrected chi connectivity index (χ1v) is 4.51. The van der Waals surface area contributed by atoms with E-state index >= 15 is 0 Å². The molecular weight excluding hydrogens is 167 g/mol. The minimum absolute atomic E-state index is 0.267. The van der Waals surface area contributed by atoms with Crippen molar-refractivity contribution in [3.63, 3.8) is 0 Å². The summed E-state index contributed by atoms with van der Waals surface area (Å²) in [5.74, 6) is -0.267. The Morgan fingerprint density at radius 1 is 1.46 bits per heavy atom. The number of unbranched alkanes of at least 4 members (excludes halogenated alkanes) is 1. The highest BCUT2D eigenvalue weighted by atomic mass is 19.1. The Labute approximate surface area is 77.6 Å². The molecule has 13 heavy (non-hydrogen) atoms. The molecule has 0 saturated heterocycles. The first kappa shape index (κ1) is 9.90. The van der Waals surface area contributed by atoms with Gasteiger partial charge in [-0.15, -0.1) is 0 Å².